The molecule has 0 saturated carbocycles. The first kappa shape index (κ1) is 17.9. The minimum atomic E-state index is 0.228. The number of methoxy groups -OCH3 is 2. The Morgan fingerprint density at radius 2 is 2.00 bits per heavy atom. The second-order valence-electron chi connectivity index (χ2n) is 5.88. The van der Waals surface area contributed by atoms with Gasteiger partial charge in [0.05, 0.1) is 25.5 Å². The van der Waals surface area contributed by atoms with Crippen molar-refractivity contribution in [2.45, 2.75) is 0 Å². The fourth-order valence-corrected chi connectivity index (χ4v) is 3.62. The van der Waals surface area contributed by atoms with Crippen molar-refractivity contribution in [2.24, 2.45) is 0 Å². The van der Waals surface area contributed by atoms with Crippen LogP contribution in [0.4, 0.5) is 0 Å². The van der Waals surface area contributed by atoms with Crippen LogP contribution in [0.1, 0.15) is 10.6 Å². The molecule has 0 unspecified atom stereocenters. The lowest BCUT2D eigenvalue weighted by atomic mass is 10.1. The van der Waals surface area contributed by atoms with Crippen LogP contribution in [0.25, 0.3) is 22.9 Å². The van der Waals surface area contributed by atoms with E-state index in [9.17, 15) is 5.26 Å². The van der Waals surface area contributed by atoms with Crippen LogP contribution in [0, 0.1) is 11.3 Å². The van der Waals surface area contributed by atoms with E-state index < -0.39 is 0 Å². The highest BCUT2D eigenvalue weighted by molar-refractivity contribution is 7.11. The van der Waals surface area contributed by atoms with Crippen molar-refractivity contribution in [3.8, 4) is 40.3 Å². The Kier molecular flexibility index (Phi) is 4.87. The third-order valence-corrected chi connectivity index (χ3v) is 5.14. The van der Waals surface area contributed by atoms with Gasteiger partial charge in [-0.1, -0.05) is 0 Å². The predicted octanol–water partition coefficient (Wildman–Crippen LogP) is 4.62. The van der Waals surface area contributed by atoms with Crippen molar-refractivity contribution in [1.29, 1.82) is 5.26 Å². The van der Waals surface area contributed by atoms with E-state index in [1.165, 1.54) is 11.3 Å². The van der Waals surface area contributed by atoms with Gasteiger partial charge in [0.25, 0.3) is 0 Å². The second kappa shape index (κ2) is 7.62. The number of nitrogens with zero attached hydrogens (tertiary/aromatic N) is 2. The number of allylic oxidation sites excluding steroid dienone is 1. The quantitative estimate of drug-likeness (QED) is 0.590. The number of nitriles is 1. The van der Waals surface area contributed by atoms with E-state index in [1.807, 2.05) is 35.7 Å². The Labute approximate surface area is 166 Å². The molecule has 7 heteroatoms. The lowest BCUT2D eigenvalue weighted by Gasteiger charge is -2.07. The van der Waals surface area contributed by atoms with Crippen molar-refractivity contribution in [1.82, 2.24) is 4.98 Å². The fraction of sp³-hybridized carbons (Fsp3) is 0.143. The molecule has 0 aliphatic carbocycles. The standard InChI is InChI=1S/C21H16N2O4S/c1-24-16-5-3-14(19(9-16)25-2)7-15(10-22)21-23-17(11-28-21)13-4-6-18-20(8-13)27-12-26-18/h3-9,11H,12H2,1-2H3/b15-7-. The van der Waals surface area contributed by atoms with Crippen LogP contribution in [0.2, 0.25) is 0 Å². The third kappa shape index (κ3) is 3.38. The second-order valence-corrected chi connectivity index (χ2v) is 6.74. The molecule has 1 aliphatic heterocycles. The normalized spacial score (nSPS) is 12.5. The van der Waals surface area contributed by atoms with Gasteiger partial charge in [-0.15, -0.1) is 11.3 Å². The Morgan fingerprint density at radius 1 is 1.14 bits per heavy atom. The van der Waals surface area contributed by atoms with Crippen molar-refractivity contribution in [3.05, 3.63) is 52.3 Å². The molecular formula is C21H16N2O4S. The summed E-state index contributed by atoms with van der Waals surface area (Å²) in [5, 5.41) is 12.2. The molecule has 2 heterocycles. The summed E-state index contributed by atoms with van der Waals surface area (Å²) in [5.41, 5.74) is 2.92. The summed E-state index contributed by atoms with van der Waals surface area (Å²) < 4.78 is 21.4. The van der Waals surface area contributed by atoms with Gasteiger partial charge in [0.1, 0.15) is 22.6 Å². The molecule has 0 saturated heterocycles. The molecule has 0 radical (unpaired) electrons. The lowest BCUT2D eigenvalue weighted by molar-refractivity contribution is 0.174. The summed E-state index contributed by atoms with van der Waals surface area (Å²) in [5.74, 6) is 2.74. The average Bonchev–Trinajstić information content (AvgIpc) is 3.40. The molecule has 0 spiro atoms. The number of hydrogen-bond donors (Lipinski definition) is 0. The first-order chi connectivity index (χ1) is 13.7. The van der Waals surface area contributed by atoms with E-state index in [2.05, 4.69) is 11.1 Å². The smallest absolute Gasteiger partial charge is 0.231 e. The van der Waals surface area contributed by atoms with Crippen LogP contribution in [0.5, 0.6) is 23.0 Å². The maximum Gasteiger partial charge on any atom is 0.231 e. The largest absolute Gasteiger partial charge is 0.497 e. The van der Waals surface area contributed by atoms with Gasteiger partial charge in [-0.2, -0.15) is 5.26 Å². The first-order valence-electron chi connectivity index (χ1n) is 8.41. The average molecular weight is 392 g/mol. The summed E-state index contributed by atoms with van der Waals surface area (Å²) in [7, 11) is 3.18. The minimum Gasteiger partial charge on any atom is -0.497 e. The van der Waals surface area contributed by atoms with Crippen LogP contribution in [-0.4, -0.2) is 26.0 Å². The van der Waals surface area contributed by atoms with Gasteiger partial charge >= 0.3 is 0 Å². The number of ether oxygens (including phenoxy) is 4. The molecular weight excluding hydrogens is 376 g/mol. The van der Waals surface area contributed by atoms with E-state index in [-0.39, 0.29) is 6.79 Å². The molecule has 2 aromatic carbocycles. The van der Waals surface area contributed by atoms with Crippen LogP contribution in [0.3, 0.4) is 0 Å². The monoisotopic (exact) mass is 392 g/mol. The molecule has 28 heavy (non-hydrogen) atoms. The van der Waals surface area contributed by atoms with Crippen LogP contribution in [0.15, 0.2) is 41.8 Å². The van der Waals surface area contributed by atoms with Crippen LogP contribution < -0.4 is 18.9 Å². The summed E-state index contributed by atoms with van der Waals surface area (Å²) in [6.45, 7) is 0.228. The summed E-state index contributed by atoms with van der Waals surface area (Å²) >= 11 is 1.41. The molecule has 1 aliphatic rings. The number of benzene rings is 2. The van der Waals surface area contributed by atoms with Gasteiger partial charge in [0, 0.05) is 22.6 Å². The molecule has 3 aromatic rings. The maximum absolute atomic E-state index is 9.66. The summed E-state index contributed by atoms with van der Waals surface area (Å²) in [6, 6.07) is 13.4. The fourth-order valence-electron chi connectivity index (χ4n) is 2.82. The lowest BCUT2D eigenvalue weighted by Crippen LogP contribution is -1.92. The topological polar surface area (TPSA) is 73.6 Å². The molecule has 0 N–H and O–H groups in total. The summed E-state index contributed by atoms with van der Waals surface area (Å²) in [6.07, 6.45) is 1.76. The minimum absolute atomic E-state index is 0.228. The number of hydrogen-bond acceptors (Lipinski definition) is 7. The van der Waals surface area contributed by atoms with Crippen molar-refractivity contribution >= 4 is 23.0 Å². The van der Waals surface area contributed by atoms with Crippen molar-refractivity contribution in [2.75, 3.05) is 21.0 Å². The highest BCUT2D eigenvalue weighted by atomic mass is 32.1. The molecule has 1 aromatic heterocycles. The first-order valence-corrected chi connectivity index (χ1v) is 9.29. The highest BCUT2D eigenvalue weighted by Gasteiger charge is 2.16. The van der Waals surface area contributed by atoms with Crippen molar-refractivity contribution < 1.29 is 18.9 Å². The van der Waals surface area contributed by atoms with Crippen LogP contribution in [-0.2, 0) is 0 Å². The zero-order chi connectivity index (χ0) is 19.5. The molecule has 0 fully saturated rings. The van der Waals surface area contributed by atoms with E-state index >= 15 is 0 Å². The van der Waals surface area contributed by atoms with Gasteiger partial charge in [-0.25, -0.2) is 4.98 Å². The Bertz CT molecular complexity index is 1100. The number of fused-ring (bicyclic) bond motifs is 1. The highest BCUT2D eigenvalue weighted by Crippen LogP contribution is 2.37. The van der Waals surface area contributed by atoms with Crippen molar-refractivity contribution in [3.63, 3.8) is 0 Å². The van der Waals surface area contributed by atoms with Gasteiger partial charge in [0.2, 0.25) is 6.79 Å². The summed E-state index contributed by atoms with van der Waals surface area (Å²) in [4.78, 5) is 4.63. The molecule has 0 bridgehead atoms. The number of thiazole rings is 1. The predicted molar refractivity (Wildman–Crippen MR) is 107 cm³/mol. The van der Waals surface area contributed by atoms with E-state index in [0.29, 0.717) is 27.8 Å². The van der Waals surface area contributed by atoms with E-state index in [4.69, 9.17) is 18.9 Å². The number of aromatic nitrogens is 1. The molecule has 0 atom stereocenters. The molecule has 4 rings (SSSR count). The molecule has 0 amide bonds. The Morgan fingerprint density at radius 3 is 2.79 bits per heavy atom. The zero-order valence-corrected chi connectivity index (χ0v) is 16.1. The van der Waals surface area contributed by atoms with Gasteiger partial charge in [-0.3, -0.25) is 0 Å². The van der Waals surface area contributed by atoms with Gasteiger partial charge in [0.15, 0.2) is 11.5 Å². The Hall–Kier alpha value is -3.50. The number of rotatable bonds is 5. The van der Waals surface area contributed by atoms with Gasteiger partial charge < -0.3 is 18.9 Å². The molecule has 6 nitrogen and oxygen atoms in total. The zero-order valence-electron chi connectivity index (χ0n) is 15.3. The SMILES string of the molecule is COc1ccc(/C=C(/C#N)c2nc(-c3ccc4c(c3)OCO4)cs2)c(OC)c1. The third-order valence-electron chi connectivity index (χ3n) is 4.26. The van der Waals surface area contributed by atoms with E-state index in [0.717, 1.165) is 22.6 Å². The van der Waals surface area contributed by atoms with E-state index in [1.54, 1.807) is 26.4 Å². The maximum atomic E-state index is 9.66. The molecule has 140 valence electrons. The van der Waals surface area contributed by atoms with Crippen LogP contribution >= 0.6 is 11.3 Å². The van der Waals surface area contributed by atoms with Gasteiger partial charge in [-0.05, 0) is 36.4 Å². The Balaban J connectivity index is 1.67.